The summed E-state index contributed by atoms with van der Waals surface area (Å²) in [5.41, 5.74) is 1.84. The molecule has 2 N–H and O–H groups in total. The third-order valence-corrected chi connectivity index (χ3v) is 3.67. The van der Waals surface area contributed by atoms with E-state index >= 15 is 0 Å². The van der Waals surface area contributed by atoms with Crippen molar-refractivity contribution in [3.8, 4) is 5.75 Å². The van der Waals surface area contributed by atoms with Crippen LogP contribution in [-0.4, -0.2) is 37.8 Å². The smallest absolute Gasteiger partial charge is 0.319 e. The number of para-hydroxylation sites is 1. The Morgan fingerprint density at radius 2 is 2.13 bits per heavy atom. The van der Waals surface area contributed by atoms with E-state index in [4.69, 9.17) is 4.74 Å². The summed E-state index contributed by atoms with van der Waals surface area (Å²) in [4.78, 5) is 18.1. The van der Waals surface area contributed by atoms with Crippen LogP contribution in [0.1, 0.15) is 5.56 Å². The number of aromatic nitrogens is 1. The molecule has 0 saturated heterocycles. The number of ether oxygens (including phenoxy) is 1. The van der Waals surface area contributed by atoms with E-state index in [0.717, 1.165) is 18.0 Å². The number of carbonyl (C=O) groups is 1. The number of hydrogen-bond acceptors (Lipinski definition) is 4. The van der Waals surface area contributed by atoms with Crippen molar-refractivity contribution in [2.45, 2.75) is 12.5 Å². The lowest BCUT2D eigenvalue weighted by Gasteiger charge is -2.14. The molecule has 0 unspecified atom stereocenters. The van der Waals surface area contributed by atoms with E-state index in [1.807, 2.05) is 55.4 Å². The first-order chi connectivity index (χ1) is 11.1. The van der Waals surface area contributed by atoms with Gasteiger partial charge in [-0.15, -0.1) is 0 Å². The van der Waals surface area contributed by atoms with Gasteiger partial charge in [0, 0.05) is 20.5 Å². The van der Waals surface area contributed by atoms with Crippen molar-refractivity contribution >= 4 is 17.5 Å². The number of urea groups is 1. The van der Waals surface area contributed by atoms with E-state index < -0.39 is 0 Å². The van der Waals surface area contributed by atoms with Crippen molar-refractivity contribution < 1.29 is 9.53 Å². The van der Waals surface area contributed by atoms with Gasteiger partial charge in [0.05, 0.1) is 18.4 Å². The fraction of sp³-hybridized carbons (Fsp3) is 0.294. The van der Waals surface area contributed by atoms with E-state index in [0.29, 0.717) is 12.2 Å². The molecule has 23 heavy (non-hydrogen) atoms. The Hall–Kier alpha value is -2.76. The van der Waals surface area contributed by atoms with Crippen molar-refractivity contribution in [1.29, 1.82) is 0 Å². The number of pyridine rings is 1. The van der Waals surface area contributed by atoms with Crippen molar-refractivity contribution in [3.63, 3.8) is 0 Å². The predicted octanol–water partition coefficient (Wildman–Crippen LogP) is 2.27. The Morgan fingerprint density at radius 1 is 1.30 bits per heavy atom. The first-order valence-corrected chi connectivity index (χ1v) is 7.54. The number of rotatable bonds is 4. The van der Waals surface area contributed by atoms with Gasteiger partial charge in [0.15, 0.2) is 0 Å². The number of hydrogen-bond donors (Lipinski definition) is 2. The molecule has 1 atom stereocenters. The van der Waals surface area contributed by atoms with Crippen LogP contribution >= 0.6 is 0 Å². The number of amides is 2. The highest BCUT2D eigenvalue weighted by Gasteiger charge is 2.22. The molecular formula is C17H20N4O2. The summed E-state index contributed by atoms with van der Waals surface area (Å²) in [7, 11) is 3.84. The highest BCUT2D eigenvalue weighted by molar-refractivity contribution is 5.89. The van der Waals surface area contributed by atoms with Gasteiger partial charge in [-0.3, -0.25) is 0 Å². The van der Waals surface area contributed by atoms with Gasteiger partial charge in [0.2, 0.25) is 0 Å². The van der Waals surface area contributed by atoms with E-state index in [9.17, 15) is 4.79 Å². The minimum absolute atomic E-state index is 0.0209. The number of carbonyl (C=O) groups excluding carboxylic acids is 1. The highest BCUT2D eigenvalue weighted by atomic mass is 16.5. The first-order valence-electron chi connectivity index (χ1n) is 7.54. The minimum Gasteiger partial charge on any atom is -0.488 e. The first kappa shape index (κ1) is 15.1. The molecule has 120 valence electrons. The van der Waals surface area contributed by atoms with Crippen molar-refractivity contribution in [2.24, 2.45) is 0 Å². The number of nitrogens with one attached hydrogen (secondary N) is 2. The van der Waals surface area contributed by atoms with Crippen LogP contribution in [0.4, 0.5) is 16.3 Å². The quantitative estimate of drug-likeness (QED) is 0.909. The summed E-state index contributed by atoms with van der Waals surface area (Å²) >= 11 is 0. The Labute approximate surface area is 135 Å². The van der Waals surface area contributed by atoms with Crippen molar-refractivity contribution in [2.75, 3.05) is 30.9 Å². The zero-order chi connectivity index (χ0) is 16.2. The van der Waals surface area contributed by atoms with Crippen molar-refractivity contribution in [3.05, 3.63) is 48.2 Å². The zero-order valence-electron chi connectivity index (χ0n) is 13.2. The summed E-state index contributed by atoms with van der Waals surface area (Å²) < 4.78 is 5.79. The average Bonchev–Trinajstić information content (AvgIpc) is 2.96. The lowest BCUT2D eigenvalue weighted by molar-refractivity contribution is 0.219. The molecular weight excluding hydrogens is 292 g/mol. The molecule has 1 aliphatic heterocycles. The van der Waals surface area contributed by atoms with E-state index in [1.165, 1.54) is 5.56 Å². The van der Waals surface area contributed by atoms with Gasteiger partial charge in [0.1, 0.15) is 17.7 Å². The van der Waals surface area contributed by atoms with Gasteiger partial charge >= 0.3 is 6.03 Å². The van der Waals surface area contributed by atoms with Crippen LogP contribution in [0.2, 0.25) is 0 Å². The van der Waals surface area contributed by atoms with Crippen LogP contribution in [0.15, 0.2) is 42.6 Å². The summed E-state index contributed by atoms with van der Waals surface area (Å²) in [6, 6.07) is 11.4. The second kappa shape index (κ2) is 6.56. The Morgan fingerprint density at radius 3 is 2.83 bits per heavy atom. The molecule has 0 fully saturated rings. The van der Waals surface area contributed by atoms with E-state index in [2.05, 4.69) is 15.6 Å². The lowest BCUT2D eigenvalue weighted by Crippen LogP contribution is -2.37. The SMILES string of the molecule is CN(C)c1ccc(NC(=O)NC[C@@H]2Cc3ccccc3O2)cn1. The summed E-state index contributed by atoms with van der Waals surface area (Å²) in [5.74, 6) is 1.75. The molecule has 2 aromatic rings. The molecule has 2 heterocycles. The highest BCUT2D eigenvalue weighted by Crippen LogP contribution is 2.27. The lowest BCUT2D eigenvalue weighted by atomic mass is 10.1. The topological polar surface area (TPSA) is 66.5 Å². The summed E-state index contributed by atoms with van der Waals surface area (Å²) in [5, 5.41) is 5.60. The third-order valence-electron chi connectivity index (χ3n) is 3.67. The van der Waals surface area contributed by atoms with E-state index in [-0.39, 0.29) is 12.1 Å². The third kappa shape index (κ3) is 3.71. The Bertz CT molecular complexity index is 660. The molecule has 1 aromatic heterocycles. The number of fused-ring (bicyclic) bond motifs is 1. The summed E-state index contributed by atoms with van der Waals surface area (Å²) in [6.45, 7) is 0.462. The number of nitrogens with zero attached hydrogens (tertiary/aromatic N) is 2. The average molecular weight is 312 g/mol. The maximum absolute atomic E-state index is 11.9. The number of anilines is 2. The fourth-order valence-electron chi connectivity index (χ4n) is 2.47. The molecule has 2 amide bonds. The second-order valence-corrected chi connectivity index (χ2v) is 5.69. The molecule has 0 spiro atoms. The molecule has 0 radical (unpaired) electrons. The molecule has 3 rings (SSSR count). The minimum atomic E-state index is -0.260. The van der Waals surface area contributed by atoms with Crippen LogP contribution in [0.25, 0.3) is 0 Å². The number of benzene rings is 1. The second-order valence-electron chi connectivity index (χ2n) is 5.69. The maximum Gasteiger partial charge on any atom is 0.319 e. The summed E-state index contributed by atoms with van der Waals surface area (Å²) in [6.07, 6.45) is 2.43. The molecule has 6 nitrogen and oxygen atoms in total. The van der Waals surface area contributed by atoms with Gasteiger partial charge in [-0.05, 0) is 23.8 Å². The Balaban J connectivity index is 1.47. The molecule has 1 aliphatic rings. The fourth-order valence-corrected chi connectivity index (χ4v) is 2.47. The van der Waals surface area contributed by atoms with Gasteiger partial charge in [-0.2, -0.15) is 0 Å². The predicted molar refractivity (Wildman–Crippen MR) is 90.1 cm³/mol. The largest absolute Gasteiger partial charge is 0.488 e. The zero-order valence-corrected chi connectivity index (χ0v) is 13.2. The van der Waals surface area contributed by atoms with Crippen LogP contribution < -0.4 is 20.3 Å². The molecule has 1 aromatic carbocycles. The van der Waals surface area contributed by atoms with Gasteiger partial charge in [-0.25, -0.2) is 9.78 Å². The van der Waals surface area contributed by atoms with Crippen LogP contribution in [0.3, 0.4) is 0 Å². The normalized spacial score (nSPS) is 15.5. The van der Waals surface area contributed by atoms with Crippen LogP contribution in [0, 0.1) is 0 Å². The monoisotopic (exact) mass is 312 g/mol. The maximum atomic E-state index is 11.9. The van der Waals surface area contributed by atoms with Crippen LogP contribution in [-0.2, 0) is 6.42 Å². The standard InChI is InChI=1S/C17H20N4O2/c1-21(2)16-8-7-13(10-18-16)20-17(22)19-11-14-9-12-5-3-4-6-15(12)23-14/h3-8,10,14H,9,11H2,1-2H3,(H2,19,20,22)/t14-/m0/s1. The molecule has 6 heteroatoms. The van der Waals surface area contributed by atoms with E-state index in [1.54, 1.807) is 6.20 Å². The molecule has 0 aliphatic carbocycles. The van der Waals surface area contributed by atoms with Gasteiger partial charge < -0.3 is 20.3 Å². The van der Waals surface area contributed by atoms with Gasteiger partial charge in [-0.1, -0.05) is 18.2 Å². The van der Waals surface area contributed by atoms with Crippen molar-refractivity contribution in [1.82, 2.24) is 10.3 Å². The molecule has 0 saturated carbocycles. The van der Waals surface area contributed by atoms with Crippen LogP contribution in [0.5, 0.6) is 5.75 Å². The van der Waals surface area contributed by atoms with Gasteiger partial charge in [0.25, 0.3) is 0 Å². The Kier molecular flexibility index (Phi) is 4.32. The molecule has 0 bridgehead atoms.